The van der Waals surface area contributed by atoms with Gasteiger partial charge in [-0.25, -0.2) is 13.7 Å². The maximum atomic E-state index is 12.4. The molecule has 0 aromatic heterocycles. The Bertz CT molecular complexity index is 409. The van der Waals surface area contributed by atoms with Crippen LogP contribution in [0.15, 0.2) is 0 Å². The largest absolute Gasteiger partial charge is 0.444 e. The first kappa shape index (κ1) is 19.4. The van der Waals surface area contributed by atoms with Gasteiger partial charge in [-0.05, 0) is 67.2 Å². The van der Waals surface area contributed by atoms with Crippen LogP contribution in [0.3, 0.4) is 0 Å². The van der Waals surface area contributed by atoms with E-state index in [0.717, 1.165) is 12.8 Å². The van der Waals surface area contributed by atoms with Crippen molar-refractivity contribution in [2.75, 3.05) is 0 Å². The van der Waals surface area contributed by atoms with Crippen molar-refractivity contribution in [3.8, 4) is 0 Å². The molecule has 1 aliphatic carbocycles. The number of hydrogen-bond acceptors (Lipinski definition) is 3. The summed E-state index contributed by atoms with van der Waals surface area (Å²) in [5.41, 5.74) is -0.516. The van der Waals surface area contributed by atoms with E-state index in [2.05, 4.69) is 10.0 Å². The molecule has 0 heterocycles. The van der Waals surface area contributed by atoms with Crippen LogP contribution >= 0.6 is 0 Å². The van der Waals surface area contributed by atoms with E-state index in [9.17, 15) is 9.00 Å². The van der Waals surface area contributed by atoms with Crippen LogP contribution in [0, 0.1) is 5.92 Å². The molecule has 5 nitrogen and oxygen atoms in total. The lowest BCUT2D eigenvalue weighted by molar-refractivity contribution is 0.0485. The van der Waals surface area contributed by atoms with Crippen molar-refractivity contribution in [2.24, 2.45) is 5.92 Å². The van der Waals surface area contributed by atoms with Crippen molar-refractivity contribution >= 4 is 17.1 Å². The molecule has 1 amide bonds. The standard InChI is InChI=1S/C16H32N2O3S/c1-11(17-14(19)21-15(2,3)4)13(12-9-8-10-12)18-22(20)16(5,6)7/h11-13,18H,8-10H2,1-7H3,(H,17,19)/t11-,13-,22?/m0/s1. The monoisotopic (exact) mass is 332 g/mol. The molecule has 1 unspecified atom stereocenters. The van der Waals surface area contributed by atoms with E-state index < -0.39 is 22.7 Å². The third-order valence-corrected chi connectivity index (χ3v) is 5.34. The average Bonchev–Trinajstić information content (AvgIpc) is 2.20. The second kappa shape index (κ2) is 7.30. The van der Waals surface area contributed by atoms with Gasteiger partial charge in [0.25, 0.3) is 0 Å². The molecular formula is C16H32N2O3S. The highest BCUT2D eigenvalue weighted by Gasteiger charge is 2.35. The Morgan fingerprint density at radius 1 is 1.18 bits per heavy atom. The van der Waals surface area contributed by atoms with Gasteiger partial charge in [0.1, 0.15) is 5.60 Å². The molecule has 0 aliphatic heterocycles. The van der Waals surface area contributed by atoms with Crippen LogP contribution in [0.5, 0.6) is 0 Å². The normalized spacial score (nSPS) is 20.7. The Balaban J connectivity index is 2.67. The van der Waals surface area contributed by atoms with Gasteiger partial charge in [0.2, 0.25) is 0 Å². The van der Waals surface area contributed by atoms with Crippen molar-refractivity contribution < 1.29 is 13.7 Å². The van der Waals surface area contributed by atoms with Crippen molar-refractivity contribution in [3.05, 3.63) is 0 Å². The molecule has 0 saturated heterocycles. The van der Waals surface area contributed by atoms with Gasteiger partial charge in [-0.2, -0.15) is 0 Å². The first-order valence-electron chi connectivity index (χ1n) is 8.08. The number of rotatable bonds is 5. The van der Waals surface area contributed by atoms with Crippen LogP contribution in [0.4, 0.5) is 4.79 Å². The molecule has 0 spiro atoms. The van der Waals surface area contributed by atoms with Crippen LogP contribution in [-0.4, -0.2) is 32.7 Å². The van der Waals surface area contributed by atoms with Crippen molar-refractivity contribution in [3.63, 3.8) is 0 Å². The van der Waals surface area contributed by atoms with Gasteiger partial charge in [0, 0.05) is 12.1 Å². The second-order valence-corrected chi connectivity index (χ2v) is 10.1. The van der Waals surface area contributed by atoms with Crippen molar-refractivity contribution in [1.82, 2.24) is 10.0 Å². The minimum absolute atomic E-state index is 0.00123. The number of carbonyl (C=O) groups excluding carboxylic acids is 1. The van der Waals surface area contributed by atoms with Crippen LogP contribution in [-0.2, 0) is 15.7 Å². The Morgan fingerprint density at radius 3 is 2.09 bits per heavy atom. The predicted molar refractivity (Wildman–Crippen MR) is 91.0 cm³/mol. The van der Waals surface area contributed by atoms with E-state index >= 15 is 0 Å². The molecule has 3 atom stereocenters. The first-order valence-corrected chi connectivity index (χ1v) is 9.22. The fourth-order valence-electron chi connectivity index (χ4n) is 2.29. The Morgan fingerprint density at radius 2 is 1.73 bits per heavy atom. The quantitative estimate of drug-likeness (QED) is 0.813. The van der Waals surface area contributed by atoms with E-state index in [-0.39, 0.29) is 16.8 Å². The molecule has 22 heavy (non-hydrogen) atoms. The number of hydrogen-bond donors (Lipinski definition) is 2. The van der Waals surface area contributed by atoms with E-state index in [4.69, 9.17) is 4.74 Å². The maximum absolute atomic E-state index is 12.4. The Kier molecular flexibility index (Phi) is 6.45. The number of amides is 1. The smallest absolute Gasteiger partial charge is 0.407 e. The highest BCUT2D eigenvalue weighted by atomic mass is 32.2. The van der Waals surface area contributed by atoms with Gasteiger partial charge in [0.05, 0.1) is 15.7 Å². The fourth-order valence-corrected chi connectivity index (χ4v) is 3.29. The molecule has 0 aromatic carbocycles. The molecule has 1 fully saturated rings. The van der Waals surface area contributed by atoms with Crippen LogP contribution < -0.4 is 10.0 Å². The summed E-state index contributed by atoms with van der Waals surface area (Å²) in [5, 5.41) is 2.88. The third-order valence-electron chi connectivity index (χ3n) is 3.74. The van der Waals surface area contributed by atoms with Gasteiger partial charge < -0.3 is 10.1 Å². The fraction of sp³-hybridized carbons (Fsp3) is 0.938. The summed E-state index contributed by atoms with van der Waals surface area (Å²) in [6.07, 6.45) is 3.00. The lowest BCUT2D eigenvalue weighted by Crippen LogP contribution is -2.56. The molecule has 1 rings (SSSR count). The molecule has 6 heteroatoms. The molecule has 2 N–H and O–H groups in total. The number of carbonyl (C=O) groups is 1. The van der Waals surface area contributed by atoms with E-state index in [0.29, 0.717) is 5.92 Å². The third kappa shape index (κ3) is 6.24. The molecule has 0 radical (unpaired) electrons. The lowest BCUT2D eigenvalue weighted by atomic mass is 9.78. The molecule has 130 valence electrons. The maximum Gasteiger partial charge on any atom is 0.407 e. The number of nitrogens with one attached hydrogen (secondary N) is 2. The molecule has 0 aromatic rings. The van der Waals surface area contributed by atoms with Crippen LogP contribution in [0.1, 0.15) is 67.7 Å². The van der Waals surface area contributed by atoms with Gasteiger partial charge in [-0.15, -0.1) is 0 Å². The van der Waals surface area contributed by atoms with Gasteiger partial charge in [-0.3, -0.25) is 0 Å². The zero-order valence-corrected chi connectivity index (χ0v) is 15.8. The van der Waals surface area contributed by atoms with E-state index in [1.165, 1.54) is 6.42 Å². The van der Waals surface area contributed by atoms with Crippen LogP contribution in [0.2, 0.25) is 0 Å². The average molecular weight is 333 g/mol. The first-order chi connectivity index (χ1) is 9.90. The van der Waals surface area contributed by atoms with Gasteiger partial charge >= 0.3 is 6.09 Å². The van der Waals surface area contributed by atoms with Gasteiger partial charge in [0.15, 0.2) is 0 Å². The topological polar surface area (TPSA) is 67.4 Å². The Labute approximate surface area is 137 Å². The molecular weight excluding hydrogens is 300 g/mol. The predicted octanol–water partition coefficient (Wildman–Crippen LogP) is 3.12. The highest BCUT2D eigenvalue weighted by Crippen LogP contribution is 2.31. The second-order valence-electron chi connectivity index (χ2n) is 8.15. The van der Waals surface area contributed by atoms with Gasteiger partial charge in [-0.1, -0.05) is 6.42 Å². The SMILES string of the molecule is C[C@H](NC(=O)OC(C)(C)C)[C@H](NS(=O)C(C)(C)C)C1CCC1. The summed E-state index contributed by atoms with van der Waals surface area (Å²) >= 11 is 0. The summed E-state index contributed by atoms with van der Waals surface area (Å²) in [6.45, 7) is 13.3. The summed E-state index contributed by atoms with van der Waals surface area (Å²) in [7, 11) is -1.15. The Hall–Kier alpha value is -0.620. The molecule has 1 saturated carbocycles. The number of alkyl carbamates (subject to hydrolysis) is 1. The summed E-state index contributed by atoms with van der Waals surface area (Å²) in [4.78, 5) is 11.9. The molecule has 1 aliphatic rings. The summed E-state index contributed by atoms with van der Waals surface area (Å²) < 4.78 is 20.6. The van der Waals surface area contributed by atoms with E-state index in [1.807, 2.05) is 48.5 Å². The van der Waals surface area contributed by atoms with Crippen LogP contribution in [0.25, 0.3) is 0 Å². The summed E-state index contributed by atoms with van der Waals surface area (Å²) in [5.74, 6) is 0.455. The zero-order valence-electron chi connectivity index (χ0n) is 15.0. The van der Waals surface area contributed by atoms with E-state index in [1.54, 1.807) is 0 Å². The zero-order chi connectivity index (χ0) is 17.1. The number of ether oxygens (including phenoxy) is 1. The van der Waals surface area contributed by atoms with Crippen molar-refractivity contribution in [1.29, 1.82) is 0 Å². The summed E-state index contributed by atoms with van der Waals surface area (Å²) in [6, 6.07) is -0.132. The minimum Gasteiger partial charge on any atom is -0.444 e. The highest BCUT2D eigenvalue weighted by molar-refractivity contribution is 7.84. The minimum atomic E-state index is -1.15. The lowest BCUT2D eigenvalue weighted by Gasteiger charge is -2.39. The molecule has 0 bridgehead atoms. The van der Waals surface area contributed by atoms with Crippen molar-refractivity contribution in [2.45, 2.75) is 90.2 Å².